The maximum Gasteiger partial charge on any atom is 0.349 e. The molecule has 0 spiro atoms. The molecule has 0 aliphatic carbocycles. The highest BCUT2D eigenvalue weighted by Crippen LogP contribution is 2.23. The Hall–Kier alpha value is -2.84. The van der Waals surface area contributed by atoms with Gasteiger partial charge < -0.3 is 9.47 Å². The standard InChI is InChI=1S/C18H15ClN2O3/c1-3-16(13-8-7-11-15(12-13)23-2)24-18(22)17(19)21-20-14-9-5-4-6-10-14/h1,4-12,16-17H,2H3. The quantitative estimate of drug-likeness (QED) is 0.259. The molecular formula is C18H15ClN2O3. The fraction of sp³-hybridized carbons (Fsp3) is 0.167. The van der Waals surface area contributed by atoms with E-state index in [0.717, 1.165) is 0 Å². The van der Waals surface area contributed by atoms with Crippen LogP contribution in [0.3, 0.4) is 0 Å². The van der Waals surface area contributed by atoms with Crippen LogP contribution in [0.15, 0.2) is 64.8 Å². The van der Waals surface area contributed by atoms with Crippen molar-refractivity contribution in [3.05, 3.63) is 60.2 Å². The van der Waals surface area contributed by atoms with Gasteiger partial charge in [0.1, 0.15) is 5.75 Å². The van der Waals surface area contributed by atoms with Gasteiger partial charge in [-0.05, 0) is 24.3 Å². The number of hydrogen-bond acceptors (Lipinski definition) is 5. The molecule has 6 heteroatoms. The Morgan fingerprint density at radius 1 is 1.21 bits per heavy atom. The van der Waals surface area contributed by atoms with Gasteiger partial charge in [0.05, 0.1) is 12.8 Å². The minimum atomic E-state index is -1.29. The molecule has 0 fully saturated rings. The van der Waals surface area contributed by atoms with Crippen molar-refractivity contribution in [3.63, 3.8) is 0 Å². The van der Waals surface area contributed by atoms with E-state index in [1.807, 2.05) is 6.07 Å². The molecule has 0 heterocycles. The Morgan fingerprint density at radius 2 is 1.96 bits per heavy atom. The Morgan fingerprint density at radius 3 is 2.62 bits per heavy atom. The molecule has 0 aliphatic heterocycles. The molecule has 0 bridgehead atoms. The number of terminal acetylenes is 1. The number of hydrogen-bond donors (Lipinski definition) is 0. The van der Waals surface area contributed by atoms with Gasteiger partial charge in [-0.25, -0.2) is 4.79 Å². The third-order valence-corrected chi connectivity index (χ3v) is 3.27. The number of ether oxygens (including phenoxy) is 2. The van der Waals surface area contributed by atoms with Crippen molar-refractivity contribution in [2.75, 3.05) is 7.11 Å². The average Bonchev–Trinajstić information content (AvgIpc) is 2.64. The first-order chi connectivity index (χ1) is 11.6. The summed E-state index contributed by atoms with van der Waals surface area (Å²) in [6.07, 6.45) is 4.56. The molecule has 2 rings (SSSR count). The molecule has 0 radical (unpaired) electrons. The van der Waals surface area contributed by atoms with Crippen molar-refractivity contribution in [2.24, 2.45) is 10.2 Å². The fourth-order valence-electron chi connectivity index (χ4n) is 1.83. The predicted molar refractivity (Wildman–Crippen MR) is 91.3 cm³/mol. The first kappa shape index (κ1) is 17.5. The van der Waals surface area contributed by atoms with Gasteiger partial charge in [0.25, 0.3) is 0 Å². The highest BCUT2D eigenvalue weighted by Gasteiger charge is 2.21. The maximum atomic E-state index is 12.0. The van der Waals surface area contributed by atoms with E-state index in [4.69, 9.17) is 27.5 Å². The molecule has 24 heavy (non-hydrogen) atoms. The fourth-order valence-corrected chi connectivity index (χ4v) is 1.93. The number of esters is 1. The Labute approximate surface area is 145 Å². The van der Waals surface area contributed by atoms with Gasteiger partial charge in [-0.15, -0.1) is 6.42 Å². The van der Waals surface area contributed by atoms with Crippen molar-refractivity contribution in [3.8, 4) is 18.1 Å². The van der Waals surface area contributed by atoms with Crippen molar-refractivity contribution in [1.29, 1.82) is 0 Å². The van der Waals surface area contributed by atoms with Crippen LogP contribution in [0.1, 0.15) is 11.7 Å². The summed E-state index contributed by atoms with van der Waals surface area (Å²) in [5.41, 5.74) is -0.0991. The lowest BCUT2D eigenvalue weighted by atomic mass is 10.1. The second-order valence-corrected chi connectivity index (χ2v) is 5.06. The zero-order valence-electron chi connectivity index (χ0n) is 12.9. The van der Waals surface area contributed by atoms with E-state index in [9.17, 15) is 4.79 Å². The number of carbonyl (C=O) groups excluding carboxylic acids is 1. The Bertz CT molecular complexity index is 756. The minimum Gasteiger partial charge on any atom is -0.497 e. The summed E-state index contributed by atoms with van der Waals surface area (Å²) in [6, 6.07) is 15.8. The molecule has 0 saturated carbocycles. The van der Waals surface area contributed by atoms with E-state index in [1.165, 1.54) is 7.11 Å². The number of halogens is 1. The van der Waals surface area contributed by atoms with Crippen molar-refractivity contribution in [2.45, 2.75) is 11.6 Å². The summed E-state index contributed by atoms with van der Waals surface area (Å²) in [7, 11) is 1.54. The lowest BCUT2D eigenvalue weighted by Crippen LogP contribution is -2.18. The first-order valence-electron chi connectivity index (χ1n) is 7.04. The highest BCUT2D eigenvalue weighted by atomic mass is 35.5. The predicted octanol–water partition coefficient (Wildman–Crippen LogP) is 4.26. The van der Waals surface area contributed by atoms with Crippen molar-refractivity contribution in [1.82, 2.24) is 0 Å². The van der Waals surface area contributed by atoms with Crippen molar-refractivity contribution < 1.29 is 14.3 Å². The molecule has 0 aliphatic rings. The van der Waals surface area contributed by atoms with Crippen LogP contribution in [-0.2, 0) is 9.53 Å². The molecule has 0 saturated heterocycles. The summed E-state index contributed by atoms with van der Waals surface area (Å²) in [6.45, 7) is 0. The molecule has 122 valence electrons. The monoisotopic (exact) mass is 342 g/mol. The number of alkyl halides is 1. The van der Waals surface area contributed by atoms with E-state index in [0.29, 0.717) is 17.0 Å². The molecule has 2 aromatic rings. The SMILES string of the molecule is C#CC(OC(=O)C(Cl)N=Nc1ccccc1)c1cccc(OC)c1. The maximum absolute atomic E-state index is 12.0. The van der Waals surface area contributed by atoms with Gasteiger partial charge in [0.15, 0.2) is 6.10 Å². The molecule has 0 N–H and O–H groups in total. The lowest BCUT2D eigenvalue weighted by Gasteiger charge is -2.14. The minimum absolute atomic E-state index is 0.581. The van der Waals surface area contributed by atoms with Crippen LogP contribution in [0.4, 0.5) is 5.69 Å². The van der Waals surface area contributed by atoms with Crippen LogP contribution in [-0.4, -0.2) is 18.6 Å². The second-order valence-electron chi connectivity index (χ2n) is 4.65. The van der Waals surface area contributed by atoms with Crippen LogP contribution < -0.4 is 4.74 Å². The van der Waals surface area contributed by atoms with Crippen LogP contribution in [0.2, 0.25) is 0 Å². The molecule has 2 aromatic carbocycles. The second kappa shape index (κ2) is 8.70. The summed E-state index contributed by atoms with van der Waals surface area (Å²) < 4.78 is 10.3. The largest absolute Gasteiger partial charge is 0.497 e. The van der Waals surface area contributed by atoms with Crippen LogP contribution in [0, 0.1) is 12.3 Å². The molecular weight excluding hydrogens is 328 g/mol. The first-order valence-corrected chi connectivity index (χ1v) is 7.48. The van der Waals surface area contributed by atoms with E-state index in [-0.39, 0.29) is 0 Å². The Kier molecular flexibility index (Phi) is 6.35. The van der Waals surface area contributed by atoms with Gasteiger partial charge in [0, 0.05) is 5.56 Å². The van der Waals surface area contributed by atoms with Crippen LogP contribution in [0.5, 0.6) is 5.75 Å². The zero-order valence-corrected chi connectivity index (χ0v) is 13.7. The summed E-state index contributed by atoms with van der Waals surface area (Å²) in [4.78, 5) is 12.0. The van der Waals surface area contributed by atoms with Gasteiger partial charge in [-0.3, -0.25) is 0 Å². The summed E-state index contributed by atoms with van der Waals surface area (Å²) in [5.74, 6) is 2.23. The lowest BCUT2D eigenvalue weighted by molar-refractivity contribution is -0.146. The third-order valence-electron chi connectivity index (χ3n) is 3.01. The number of benzene rings is 2. The molecule has 2 atom stereocenters. The zero-order chi connectivity index (χ0) is 17.4. The summed E-state index contributed by atoms with van der Waals surface area (Å²) in [5, 5.41) is 7.61. The molecule has 0 aromatic heterocycles. The highest BCUT2D eigenvalue weighted by molar-refractivity contribution is 6.29. The van der Waals surface area contributed by atoms with Gasteiger partial charge >= 0.3 is 5.97 Å². The van der Waals surface area contributed by atoms with Crippen molar-refractivity contribution >= 4 is 23.3 Å². The molecule has 2 unspecified atom stereocenters. The van der Waals surface area contributed by atoms with Gasteiger partial charge in [-0.2, -0.15) is 10.2 Å². The normalized spacial score (nSPS) is 13.0. The van der Waals surface area contributed by atoms with Crippen LogP contribution in [0.25, 0.3) is 0 Å². The number of azo groups is 1. The molecule has 5 nitrogen and oxygen atoms in total. The van der Waals surface area contributed by atoms with E-state index in [2.05, 4.69) is 16.1 Å². The Balaban J connectivity index is 2.03. The van der Waals surface area contributed by atoms with E-state index in [1.54, 1.807) is 48.5 Å². The summed E-state index contributed by atoms with van der Waals surface area (Å²) >= 11 is 5.90. The molecule has 0 amide bonds. The van der Waals surface area contributed by atoms with Gasteiger partial charge in [-0.1, -0.05) is 47.9 Å². The van der Waals surface area contributed by atoms with E-state index < -0.39 is 17.6 Å². The number of rotatable bonds is 6. The average molecular weight is 343 g/mol. The van der Waals surface area contributed by atoms with E-state index >= 15 is 0 Å². The number of methoxy groups -OCH3 is 1. The third kappa shape index (κ3) is 4.83. The number of nitrogens with zero attached hydrogens (tertiary/aromatic N) is 2. The number of carbonyl (C=O) groups is 1. The van der Waals surface area contributed by atoms with Crippen LogP contribution >= 0.6 is 11.6 Å². The smallest absolute Gasteiger partial charge is 0.349 e. The van der Waals surface area contributed by atoms with Gasteiger partial charge in [0.2, 0.25) is 5.50 Å². The topological polar surface area (TPSA) is 60.2 Å².